The minimum atomic E-state index is -0.831. The normalized spacial score (nSPS) is 25.1. The second-order valence-corrected chi connectivity index (χ2v) is 9.80. The molecule has 1 aliphatic carbocycles. The summed E-state index contributed by atoms with van der Waals surface area (Å²) >= 11 is 7.01. The molecule has 0 aromatic heterocycles. The van der Waals surface area contributed by atoms with E-state index >= 15 is 0 Å². The summed E-state index contributed by atoms with van der Waals surface area (Å²) in [5, 5.41) is 5.16. The maximum Gasteiger partial charge on any atom is 0.326 e. The summed E-state index contributed by atoms with van der Waals surface area (Å²) in [7, 11) is 0. The Hall–Kier alpha value is -2.27. The molecule has 4 amide bonds. The monoisotopic (exact) mass is 557 g/mol. The number of amides is 4. The van der Waals surface area contributed by atoms with E-state index in [9.17, 15) is 24.0 Å². The predicted octanol–water partition coefficient (Wildman–Crippen LogP) is 2.05. The van der Waals surface area contributed by atoms with Crippen LogP contribution in [0.4, 0.5) is 11.4 Å². The second kappa shape index (κ2) is 9.90. The van der Waals surface area contributed by atoms with Gasteiger partial charge in [-0.15, -0.1) is 0 Å². The average molecular weight is 559 g/mol. The summed E-state index contributed by atoms with van der Waals surface area (Å²) in [6.07, 6.45) is 1.03. The van der Waals surface area contributed by atoms with Crippen LogP contribution >= 0.6 is 31.9 Å². The van der Waals surface area contributed by atoms with Gasteiger partial charge in [0.15, 0.2) is 6.61 Å². The zero-order chi connectivity index (χ0) is 22.7. The highest BCUT2D eigenvalue weighted by Gasteiger charge is 2.52. The Labute approximate surface area is 195 Å². The molecule has 1 aliphatic heterocycles. The molecule has 3 rings (SSSR count). The van der Waals surface area contributed by atoms with E-state index in [4.69, 9.17) is 4.74 Å². The first-order chi connectivity index (χ1) is 14.7. The number of esters is 1. The van der Waals surface area contributed by atoms with Crippen LogP contribution in [0.5, 0.6) is 0 Å². The summed E-state index contributed by atoms with van der Waals surface area (Å²) in [6, 6.07) is 6.40. The first-order valence-corrected chi connectivity index (χ1v) is 11.5. The number of halogens is 2. The Balaban J connectivity index is 1.47. The van der Waals surface area contributed by atoms with Gasteiger partial charge in [-0.3, -0.25) is 28.9 Å². The molecule has 1 saturated carbocycles. The van der Waals surface area contributed by atoms with Gasteiger partial charge >= 0.3 is 5.97 Å². The van der Waals surface area contributed by atoms with Crippen LogP contribution in [-0.2, 0) is 28.7 Å². The second-order valence-electron chi connectivity index (χ2n) is 7.45. The summed E-state index contributed by atoms with van der Waals surface area (Å²) in [5.41, 5.74) is 1.03. The lowest BCUT2D eigenvalue weighted by atomic mass is 9.81. The van der Waals surface area contributed by atoms with Crippen LogP contribution in [0, 0.1) is 11.8 Å². The van der Waals surface area contributed by atoms with E-state index in [1.807, 2.05) is 0 Å². The number of rotatable bonds is 6. The van der Waals surface area contributed by atoms with Crippen LogP contribution in [0.15, 0.2) is 24.3 Å². The van der Waals surface area contributed by atoms with Gasteiger partial charge in [0.25, 0.3) is 5.91 Å². The highest BCUT2D eigenvalue weighted by Crippen LogP contribution is 2.43. The van der Waals surface area contributed by atoms with Crippen molar-refractivity contribution in [3.8, 4) is 0 Å². The van der Waals surface area contributed by atoms with Crippen LogP contribution in [0.3, 0.4) is 0 Å². The summed E-state index contributed by atoms with van der Waals surface area (Å²) in [4.78, 5) is 61.4. The molecule has 0 radical (unpaired) electrons. The van der Waals surface area contributed by atoms with Crippen molar-refractivity contribution in [3.05, 3.63) is 24.3 Å². The Morgan fingerprint density at radius 2 is 1.45 bits per heavy atom. The number of hydrogen-bond acceptors (Lipinski definition) is 6. The smallest absolute Gasteiger partial charge is 0.326 e. The minimum absolute atomic E-state index is 0.0772. The number of carbonyl (C=O) groups is 5. The molecule has 2 fully saturated rings. The summed E-state index contributed by atoms with van der Waals surface area (Å²) in [5.74, 6) is -3.25. The molecule has 11 heteroatoms. The molecule has 0 unspecified atom stereocenters. The SMILES string of the molecule is CC(=O)Nc1ccc(NC(=O)COC(=O)CN2C(=O)[C@H]3C[C@H](Br)[C@@H](Br)C[C@H]3C2=O)cc1. The zero-order valence-corrected chi connectivity index (χ0v) is 19.8. The number of benzene rings is 1. The van der Waals surface area contributed by atoms with Gasteiger partial charge in [-0.2, -0.15) is 0 Å². The van der Waals surface area contributed by atoms with Gasteiger partial charge in [0.1, 0.15) is 6.54 Å². The molecule has 1 heterocycles. The highest BCUT2D eigenvalue weighted by molar-refractivity contribution is 9.12. The van der Waals surface area contributed by atoms with Crippen LogP contribution in [0.25, 0.3) is 0 Å². The first kappa shape index (κ1) is 23.4. The van der Waals surface area contributed by atoms with Crippen molar-refractivity contribution in [3.63, 3.8) is 0 Å². The van der Waals surface area contributed by atoms with Crippen molar-refractivity contribution in [1.29, 1.82) is 0 Å². The molecule has 166 valence electrons. The summed E-state index contributed by atoms with van der Waals surface area (Å²) < 4.78 is 4.93. The molecule has 1 saturated heterocycles. The van der Waals surface area contributed by atoms with Gasteiger partial charge < -0.3 is 15.4 Å². The van der Waals surface area contributed by atoms with E-state index in [0.717, 1.165) is 4.90 Å². The fourth-order valence-electron chi connectivity index (χ4n) is 3.68. The topological polar surface area (TPSA) is 122 Å². The number of nitrogens with zero attached hydrogens (tertiary/aromatic N) is 1. The average Bonchev–Trinajstić information content (AvgIpc) is 2.92. The van der Waals surface area contributed by atoms with Gasteiger partial charge in [-0.05, 0) is 37.1 Å². The maximum absolute atomic E-state index is 12.6. The van der Waals surface area contributed by atoms with E-state index in [0.29, 0.717) is 24.2 Å². The maximum atomic E-state index is 12.6. The molecular formula is C20H21Br2N3O6. The van der Waals surface area contributed by atoms with E-state index < -0.39 is 36.9 Å². The summed E-state index contributed by atoms with van der Waals surface area (Å²) in [6.45, 7) is 0.323. The molecular weight excluding hydrogens is 538 g/mol. The minimum Gasteiger partial charge on any atom is -0.454 e. The van der Waals surface area contributed by atoms with Crippen molar-refractivity contribution >= 4 is 72.8 Å². The fourth-order valence-corrected chi connectivity index (χ4v) is 4.91. The Morgan fingerprint density at radius 1 is 0.968 bits per heavy atom. The third-order valence-corrected chi connectivity index (χ3v) is 7.88. The van der Waals surface area contributed by atoms with Crippen LogP contribution in [0.2, 0.25) is 0 Å². The van der Waals surface area contributed by atoms with E-state index in [1.165, 1.54) is 6.92 Å². The lowest BCUT2D eigenvalue weighted by molar-refractivity contribution is -0.154. The molecule has 4 atom stereocenters. The fraction of sp³-hybridized carbons (Fsp3) is 0.450. The molecule has 0 spiro atoms. The first-order valence-electron chi connectivity index (χ1n) is 9.62. The molecule has 9 nitrogen and oxygen atoms in total. The van der Waals surface area contributed by atoms with Crippen molar-refractivity contribution in [1.82, 2.24) is 4.90 Å². The molecule has 2 N–H and O–H groups in total. The number of imide groups is 1. The van der Waals surface area contributed by atoms with E-state index in [1.54, 1.807) is 24.3 Å². The Kier molecular flexibility index (Phi) is 7.47. The van der Waals surface area contributed by atoms with Gasteiger partial charge in [0.2, 0.25) is 17.7 Å². The number of likely N-dealkylation sites (tertiary alicyclic amines) is 1. The van der Waals surface area contributed by atoms with Crippen molar-refractivity contribution in [2.45, 2.75) is 29.4 Å². The number of nitrogens with one attached hydrogen (secondary N) is 2. The number of alkyl halides is 2. The van der Waals surface area contributed by atoms with E-state index in [-0.39, 0.29) is 27.4 Å². The lowest BCUT2D eigenvalue weighted by Gasteiger charge is -2.29. The molecule has 0 bridgehead atoms. The Morgan fingerprint density at radius 3 is 1.94 bits per heavy atom. The highest BCUT2D eigenvalue weighted by atomic mass is 79.9. The molecule has 1 aromatic rings. The van der Waals surface area contributed by atoms with Crippen molar-refractivity contribution < 1.29 is 28.7 Å². The Bertz CT molecular complexity index is 879. The lowest BCUT2D eigenvalue weighted by Crippen LogP contribution is -2.37. The van der Waals surface area contributed by atoms with Crippen LogP contribution in [-0.4, -0.2) is 57.3 Å². The number of fused-ring (bicyclic) bond motifs is 1. The van der Waals surface area contributed by atoms with Crippen LogP contribution in [0.1, 0.15) is 19.8 Å². The molecule has 31 heavy (non-hydrogen) atoms. The number of hydrogen-bond donors (Lipinski definition) is 2. The predicted molar refractivity (Wildman–Crippen MR) is 119 cm³/mol. The number of anilines is 2. The quantitative estimate of drug-likeness (QED) is 0.313. The number of carbonyl (C=O) groups excluding carboxylic acids is 5. The van der Waals surface area contributed by atoms with Crippen molar-refractivity contribution in [2.75, 3.05) is 23.8 Å². The standard InChI is InChI=1S/C20H21Br2N3O6/c1-10(26)23-11-2-4-12(5-3-11)24-17(27)9-31-18(28)8-25-19(29)13-6-15(21)16(22)7-14(13)20(25)30/h2-5,13-16H,6-9H2,1H3,(H,23,26)(H,24,27)/t13-,14+,15-,16-/m0/s1. The van der Waals surface area contributed by atoms with Crippen molar-refractivity contribution in [2.24, 2.45) is 11.8 Å². The molecule has 1 aromatic carbocycles. The van der Waals surface area contributed by atoms with Crippen LogP contribution < -0.4 is 10.6 Å². The largest absolute Gasteiger partial charge is 0.454 e. The zero-order valence-electron chi connectivity index (χ0n) is 16.6. The number of ether oxygens (including phenoxy) is 1. The van der Waals surface area contributed by atoms with Gasteiger partial charge in [0.05, 0.1) is 11.8 Å². The third kappa shape index (κ3) is 5.70. The van der Waals surface area contributed by atoms with Gasteiger partial charge in [-0.1, -0.05) is 31.9 Å². The molecule has 2 aliphatic rings. The van der Waals surface area contributed by atoms with Gasteiger partial charge in [-0.25, -0.2) is 0 Å². The van der Waals surface area contributed by atoms with Gasteiger partial charge in [0, 0.05) is 28.0 Å². The third-order valence-electron chi connectivity index (χ3n) is 5.14. The van der Waals surface area contributed by atoms with E-state index in [2.05, 4.69) is 42.5 Å².